The van der Waals surface area contributed by atoms with Gasteiger partial charge >= 0.3 is 6.36 Å². The quantitative estimate of drug-likeness (QED) is 0.360. The first kappa shape index (κ1) is 25.0. The third-order valence-corrected chi connectivity index (χ3v) is 6.10. The molecular weight excluding hydrogens is 501 g/mol. The van der Waals surface area contributed by atoms with Crippen LogP contribution in [0.5, 0.6) is 5.75 Å². The van der Waals surface area contributed by atoms with Crippen LogP contribution in [0.4, 0.5) is 24.7 Å². The van der Waals surface area contributed by atoms with E-state index in [-0.39, 0.29) is 29.1 Å². The van der Waals surface area contributed by atoms with Gasteiger partial charge in [0, 0.05) is 18.1 Å². The van der Waals surface area contributed by atoms with E-state index < -0.39 is 39.2 Å². The maximum Gasteiger partial charge on any atom is 0.573 e. The molecule has 4 aromatic rings. The number of ether oxygens (including phenoxy) is 1. The molecule has 13 heteroatoms. The Balaban J connectivity index is 1.78. The average molecular weight is 520 g/mol. The van der Waals surface area contributed by atoms with Crippen LogP contribution in [0.2, 0.25) is 0 Å². The van der Waals surface area contributed by atoms with E-state index in [4.69, 9.17) is 0 Å². The number of hydrogen-bond acceptors (Lipinski definition) is 7. The Morgan fingerprint density at radius 1 is 0.972 bits per heavy atom. The lowest BCUT2D eigenvalue weighted by molar-refractivity contribution is -0.274. The zero-order valence-corrected chi connectivity index (χ0v) is 19.5. The molecular formula is C23H19F3N4O5S. The second-order valence-corrected chi connectivity index (χ2v) is 9.24. The van der Waals surface area contributed by atoms with Gasteiger partial charge in [0.1, 0.15) is 22.1 Å². The number of halogens is 3. The fourth-order valence-electron chi connectivity index (χ4n) is 3.50. The predicted octanol–water partition coefficient (Wildman–Crippen LogP) is 3.19. The number of thiol groups is 1. The molecule has 0 aliphatic heterocycles. The van der Waals surface area contributed by atoms with Gasteiger partial charge in [-0.15, -0.1) is 18.3 Å². The molecule has 0 radical (unpaired) electrons. The summed E-state index contributed by atoms with van der Waals surface area (Å²) < 4.78 is 66.0. The van der Waals surface area contributed by atoms with Crippen molar-refractivity contribution < 1.29 is 26.3 Å². The molecule has 2 aromatic carbocycles. The van der Waals surface area contributed by atoms with E-state index in [1.54, 1.807) is 30.3 Å². The van der Waals surface area contributed by atoms with Gasteiger partial charge in [-0.1, -0.05) is 18.2 Å². The van der Waals surface area contributed by atoms with Crippen LogP contribution in [0, 0.1) is 0 Å². The topological polar surface area (TPSA) is 112 Å². The highest BCUT2D eigenvalue weighted by Gasteiger charge is 2.31. The molecule has 0 amide bonds. The fraction of sp³-hybridized carbons (Fsp3) is 0.174. The lowest BCUT2D eigenvalue weighted by Gasteiger charge is -2.14. The molecule has 0 saturated heterocycles. The highest BCUT2D eigenvalue weighted by atomic mass is 32.2. The Morgan fingerprint density at radius 2 is 1.64 bits per heavy atom. The summed E-state index contributed by atoms with van der Waals surface area (Å²) in [4.78, 5) is 26.0. The number of fused-ring (bicyclic) bond motifs is 1. The number of anilines is 2. The SMILES string of the molecule is CC(Cn1cccc(Nc2nn(-c3ccc(OC(F)(F)F)cc3)c(=O)c3ccccc23)c1=O)[SH](=O)=O. The molecule has 0 spiro atoms. The van der Waals surface area contributed by atoms with Crippen molar-refractivity contribution in [3.63, 3.8) is 0 Å². The number of alkyl halides is 3. The van der Waals surface area contributed by atoms with Crippen molar-refractivity contribution in [3.8, 4) is 11.4 Å². The Morgan fingerprint density at radius 3 is 2.28 bits per heavy atom. The van der Waals surface area contributed by atoms with Gasteiger partial charge in [0.25, 0.3) is 11.1 Å². The molecule has 4 rings (SSSR count). The van der Waals surface area contributed by atoms with Crippen LogP contribution >= 0.6 is 0 Å². The molecule has 0 fully saturated rings. The van der Waals surface area contributed by atoms with Gasteiger partial charge in [0.15, 0.2) is 5.82 Å². The summed E-state index contributed by atoms with van der Waals surface area (Å²) in [6, 6.07) is 14.1. The summed E-state index contributed by atoms with van der Waals surface area (Å²) in [5.41, 5.74) is -0.776. The number of aromatic nitrogens is 3. The van der Waals surface area contributed by atoms with Crippen molar-refractivity contribution in [2.24, 2.45) is 0 Å². The van der Waals surface area contributed by atoms with Gasteiger partial charge in [0.05, 0.1) is 16.3 Å². The minimum atomic E-state index is -4.86. The summed E-state index contributed by atoms with van der Waals surface area (Å²) in [7, 11) is -2.72. The molecule has 0 aliphatic rings. The number of rotatable bonds is 7. The monoisotopic (exact) mass is 520 g/mol. The number of benzene rings is 2. The largest absolute Gasteiger partial charge is 0.573 e. The normalized spacial score (nSPS) is 12.6. The van der Waals surface area contributed by atoms with Crippen molar-refractivity contribution in [2.75, 3.05) is 5.32 Å². The third-order valence-electron chi connectivity index (χ3n) is 5.21. The summed E-state index contributed by atoms with van der Waals surface area (Å²) in [6.45, 7) is 1.43. The van der Waals surface area contributed by atoms with E-state index in [0.717, 1.165) is 16.8 Å². The zero-order chi connectivity index (χ0) is 26.0. The first-order chi connectivity index (χ1) is 17.0. The summed E-state index contributed by atoms with van der Waals surface area (Å²) in [5, 5.41) is 7.11. The molecule has 1 unspecified atom stereocenters. The van der Waals surface area contributed by atoms with Crippen molar-refractivity contribution in [1.82, 2.24) is 14.3 Å². The van der Waals surface area contributed by atoms with Gasteiger partial charge in [-0.3, -0.25) is 9.59 Å². The molecule has 9 nitrogen and oxygen atoms in total. The van der Waals surface area contributed by atoms with Crippen LogP contribution in [0.1, 0.15) is 6.92 Å². The smallest absolute Gasteiger partial charge is 0.406 e. The molecule has 2 heterocycles. The Bertz CT molecular complexity index is 1600. The van der Waals surface area contributed by atoms with Gasteiger partial charge in [-0.2, -0.15) is 4.68 Å². The molecule has 1 N–H and O–H groups in total. The Labute approximate surface area is 203 Å². The zero-order valence-electron chi connectivity index (χ0n) is 18.6. The maximum atomic E-state index is 13.1. The molecule has 188 valence electrons. The van der Waals surface area contributed by atoms with E-state index in [2.05, 4.69) is 15.2 Å². The van der Waals surface area contributed by atoms with Gasteiger partial charge in [-0.05, 0) is 49.4 Å². The molecule has 36 heavy (non-hydrogen) atoms. The van der Waals surface area contributed by atoms with Gasteiger partial charge in [-0.25, -0.2) is 8.42 Å². The third kappa shape index (κ3) is 5.40. The summed E-state index contributed by atoms with van der Waals surface area (Å²) in [6.07, 6.45) is -3.40. The molecule has 0 saturated carbocycles. The van der Waals surface area contributed by atoms with Crippen molar-refractivity contribution in [3.05, 3.63) is 87.6 Å². The molecule has 0 bridgehead atoms. The number of hydrogen-bond donors (Lipinski definition) is 2. The molecule has 0 aliphatic carbocycles. The first-order valence-electron chi connectivity index (χ1n) is 10.5. The fourth-order valence-corrected chi connectivity index (χ4v) is 3.81. The lowest BCUT2D eigenvalue weighted by atomic mass is 10.2. The minimum Gasteiger partial charge on any atom is -0.406 e. The molecule has 1 atom stereocenters. The van der Waals surface area contributed by atoms with Crippen LogP contribution in [0.3, 0.4) is 0 Å². The van der Waals surface area contributed by atoms with Crippen molar-refractivity contribution in [1.29, 1.82) is 0 Å². The standard InChI is InChI=1S/C23H19F3N4O5S/c1-14(36(33)34)13-29-12-4-7-19(22(29)32)27-20-17-5-2-3-6-18(17)21(31)30(28-20)15-8-10-16(11-9-15)35-23(24,25)26/h2-12,14,36H,13H2,1H3,(H,27,28). The van der Waals surface area contributed by atoms with Crippen LogP contribution in [-0.2, 0) is 17.2 Å². The van der Waals surface area contributed by atoms with Crippen molar-refractivity contribution >= 4 is 33.0 Å². The second kappa shape index (κ2) is 9.85. The van der Waals surface area contributed by atoms with Crippen molar-refractivity contribution in [2.45, 2.75) is 25.1 Å². The highest BCUT2D eigenvalue weighted by molar-refractivity contribution is 7.73. The van der Waals surface area contributed by atoms with E-state index in [9.17, 15) is 31.2 Å². The van der Waals surface area contributed by atoms with E-state index >= 15 is 0 Å². The second-order valence-electron chi connectivity index (χ2n) is 7.79. The van der Waals surface area contributed by atoms with Crippen LogP contribution in [0.15, 0.2) is 76.4 Å². The van der Waals surface area contributed by atoms with E-state index in [1.165, 1.54) is 35.9 Å². The van der Waals surface area contributed by atoms with Crippen LogP contribution < -0.4 is 21.2 Å². The van der Waals surface area contributed by atoms with Crippen LogP contribution in [-0.4, -0.2) is 34.4 Å². The van der Waals surface area contributed by atoms with E-state index in [1.807, 2.05) is 0 Å². The summed E-state index contributed by atoms with van der Waals surface area (Å²) in [5.74, 6) is -0.323. The molecule has 2 aromatic heterocycles. The first-order valence-corrected chi connectivity index (χ1v) is 11.8. The Kier molecular flexibility index (Phi) is 6.84. The number of nitrogens with zero attached hydrogens (tertiary/aromatic N) is 3. The van der Waals surface area contributed by atoms with E-state index in [0.29, 0.717) is 5.39 Å². The maximum absolute atomic E-state index is 13.1. The van der Waals surface area contributed by atoms with Gasteiger partial charge in [0.2, 0.25) is 0 Å². The summed E-state index contributed by atoms with van der Waals surface area (Å²) >= 11 is 0. The minimum absolute atomic E-state index is 0.0485. The van der Waals surface area contributed by atoms with Crippen LogP contribution in [0.25, 0.3) is 16.5 Å². The number of nitrogens with one attached hydrogen (secondary N) is 1. The van der Waals surface area contributed by atoms with Gasteiger partial charge < -0.3 is 14.6 Å². The predicted molar refractivity (Wildman–Crippen MR) is 128 cm³/mol. The number of pyridine rings is 1. The lowest BCUT2D eigenvalue weighted by Crippen LogP contribution is -2.27. The highest BCUT2D eigenvalue weighted by Crippen LogP contribution is 2.25. The Hall–Kier alpha value is -4.13. The average Bonchev–Trinajstić information content (AvgIpc) is 2.83.